The third-order valence-corrected chi connectivity index (χ3v) is 3.70. The topological polar surface area (TPSA) is 68.0 Å². The summed E-state index contributed by atoms with van der Waals surface area (Å²) in [6.45, 7) is 2.27. The first-order chi connectivity index (χ1) is 9.10. The van der Waals surface area contributed by atoms with Gasteiger partial charge in [-0.2, -0.15) is 0 Å². The number of carbonyl (C=O) groups excluding carboxylic acids is 1. The smallest absolute Gasteiger partial charge is 0.267 e. The highest BCUT2D eigenvalue weighted by Crippen LogP contribution is 2.20. The number of anilines is 1. The lowest BCUT2D eigenvalue weighted by molar-refractivity contribution is 0.103. The quantitative estimate of drug-likeness (QED) is 0.902. The van der Waals surface area contributed by atoms with Crippen molar-refractivity contribution in [2.24, 2.45) is 5.73 Å². The van der Waals surface area contributed by atoms with Crippen LogP contribution in [0.1, 0.15) is 20.4 Å². The molecule has 0 unspecified atom stereocenters. The van der Waals surface area contributed by atoms with Gasteiger partial charge in [0, 0.05) is 12.1 Å². The number of nitrogens with zero attached hydrogens (tertiary/aromatic N) is 1. The molecule has 100 valence electrons. The van der Waals surface area contributed by atoms with Crippen LogP contribution in [0.25, 0.3) is 0 Å². The molecule has 0 atom stereocenters. The number of amides is 1. The molecule has 0 bridgehead atoms. The lowest BCUT2D eigenvalue weighted by Gasteiger charge is -2.03. The highest BCUT2D eigenvalue weighted by atomic mass is 32.1. The second-order valence-electron chi connectivity index (χ2n) is 4.03. The van der Waals surface area contributed by atoms with Crippen LogP contribution in [-0.4, -0.2) is 17.4 Å². The predicted octanol–water partition coefficient (Wildman–Crippen LogP) is 2.34. The maximum atomic E-state index is 13.0. The number of nitrogens with two attached hydrogens (primary N) is 1. The van der Waals surface area contributed by atoms with Crippen molar-refractivity contribution in [3.8, 4) is 0 Å². The minimum atomic E-state index is -0.386. The monoisotopic (exact) mass is 279 g/mol. The number of halogens is 1. The summed E-state index contributed by atoms with van der Waals surface area (Å²) in [4.78, 5) is 16.9. The average molecular weight is 279 g/mol. The standard InChI is InChI=1S/C13H14FN3OS/c1-8-12(19-11(16-8)5-6-15)13(18)17-10-4-2-3-9(14)7-10/h2-4,7H,5-6,15H2,1H3,(H,17,18). The molecular weight excluding hydrogens is 265 g/mol. The SMILES string of the molecule is Cc1nc(CCN)sc1C(=O)Nc1cccc(F)c1. The second-order valence-corrected chi connectivity index (χ2v) is 5.11. The molecule has 0 aliphatic rings. The molecule has 6 heteroatoms. The molecular formula is C13H14FN3OS. The zero-order valence-corrected chi connectivity index (χ0v) is 11.3. The Balaban J connectivity index is 2.15. The summed E-state index contributed by atoms with van der Waals surface area (Å²) in [7, 11) is 0. The Kier molecular flexibility index (Phi) is 4.24. The molecule has 1 heterocycles. The average Bonchev–Trinajstić information content (AvgIpc) is 2.71. The largest absolute Gasteiger partial charge is 0.330 e. The number of rotatable bonds is 4. The van der Waals surface area contributed by atoms with E-state index in [1.807, 2.05) is 0 Å². The molecule has 0 aliphatic carbocycles. The van der Waals surface area contributed by atoms with E-state index in [0.717, 1.165) is 5.01 Å². The molecule has 0 spiro atoms. The molecule has 1 aromatic carbocycles. The highest BCUT2D eigenvalue weighted by Gasteiger charge is 2.15. The van der Waals surface area contributed by atoms with Gasteiger partial charge in [0.15, 0.2) is 0 Å². The van der Waals surface area contributed by atoms with Gasteiger partial charge in [-0.25, -0.2) is 9.37 Å². The normalized spacial score (nSPS) is 10.5. The zero-order valence-electron chi connectivity index (χ0n) is 10.4. The van der Waals surface area contributed by atoms with E-state index in [1.54, 1.807) is 19.1 Å². The van der Waals surface area contributed by atoms with Gasteiger partial charge in [-0.3, -0.25) is 4.79 Å². The van der Waals surface area contributed by atoms with Crippen molar-refractivity contribution in [2.45, 2.75) is 13.3 Å². The van der Waals surface area contributed by atoms with Crippen molar-refractivity contribution in [2.75, 3.05) is 11.9 Å². The van der Waals surface area contributed by atoms with Gasteiger partial charge in [0.05, 0.1) is 10.7 Å². The number of benzene rings is 1. The molecule has 0 radical (unpaired) electrons. The molecule has 2 rings (SSSR count). The third kappa shape index (κ3) is 3.36. The van der Waals surface area contributed by atoms with Crippen molar-refractivity contribution in [3.63, 3.8) is 0 Å². The van der Waals surface area contributed by atoms with Gasteiger partial charge in [0.1, 0.15) is 10.7 Å². The van der Waals surface area contributed by atoms with Crippen LogP contribution in [0.3, 0.4) is 0 Å². The number of carbonyl (C=O) groups is 1. The molecule has 2 aromatic rings. The van der Waals surface area contributed by atoms with Crippen LogP contribution >= 0.6 is 11.3 Å². The van der Waals surface area contributed by atoms with Crippen molar-refractivity contribution in [1.82, 2.24) is 4.98 Å². The van der Waals surface area contributed by atoms with E-state index in [2.05, 4.69) is 10.3 Å². The summed E-state index contributed by atoms with van der Waals surface area (Å²) < 4.78 is 13.0. The van der Waals surface area contributed by atoms with Gasteiger partial charge in [-0.05, 0) is 31.7 Å². The van der Waals surface area contributed by atoms with Crippen molar-refractivity contribution >= 4 is 22.9 Å². The molecule has 0 aliphatic heterocycles. The summed E-state index contributed by atoms with van der Waals surface area (Å²) in [5, 5.41) is 3.49. The Morgan fingerprint density at radius 2 is 2.32 bits per heavy atom. The maximum Gasteiger partial charge on any atom is 0.267 e. The van der Waals surface area contributed by atoms with E-state index in [-0.39, 0.29) is 11.7 Å². The molecule has 3 N–H and O–H groups in total. The summed E-state index contributed by atoms with van der Waals surface area (Å²) >= 11 is 1.32. The minimum Gasteiger partial charge on any atom is -0.330 e. The molecule has 1 aromatic heterocycles. The molecule has 1 amide bonds. The number of nitrogens with one attached hydrogen (secondary N) is 1. The van der Waals surface area contributed by atoms with E-state index in [4.69, 9.17) is 5.73 Å². The third-order valence-electron chi connectivity index (χ3n) is 2.49. The maximum absolute atomic E-state index is 13.0. The Hall–Kier alpha value is -1.79. The first-order valence-corrected chi connectivity index (χ1v) is 6.65. The van der Waals surface area contributed by atoms with E-state index >= 15 is 0 Å². The second kappa shape index (κ2) is 5.90. The molecule has 0 saturated heterocycles. The first kappa shape index (κ1) is 13.6. The van der Waals surface area contributed by atoms with E-state index in [9.17, 15) is 9.18 Å². The lowest BCUT2D eigenvalue weighted by Crippen LogP contribution is -2.11. The molecule has 0 saturated carbocycles. The highest BCUT2D eigenvalue weighted by molar-refractivity contribution is 7.13. The van der Waals surface area contributed by atoms with Crippen LogP contribution in [0, 0.1) is 12.7 Å². The van der Waals surface area contributed by atoms with Crippen molar-refractivity contribution in [3.05, 3.63) is 45.7 Å². The van der Waals surface area contributed by atoms with Gasteiger partial charge < -0.3 is 11.1 Å². The van der Waals surface area contributed by atoms with Gasteiger partial charge in [0.2, 0.25) is 0 Å². The fourth-order valence-electron chi connectivity index (χ4n) is 1.65. The fraction of sp³-hybridized carbons (Fsp3) is 0.231. The summed E-state index contributed by atoms with van der Waals surface area (Å²) in [6.07, 6.45) is 0.652. The zero-order chi connectivity index (χ0) is 13.8. The Morgan fingerprint density at radius 1 is 1.53 bits per heavy atom. The minimum absolute atomic E-state index is 0.274. The molecule has 0 fully saturated rings. The Labute approximate surface area is 114 Å². The van der Waals surface area contributed by atoms with Crippen LogP contribution in [0.5, 0.6) is 0 Å². The number of aromatic nitrogens is 1. The van der Waals surface area contributed by atoms with E-state index < -0.39 is 0 Å². The van der Waals surface area contributed by atoms with Crippen LogP contribution in [0.15, 0.2) is 24.3 Å². The van der Waals surface area contributed by atoms with E-state index in [1.165, 1.54) is 23.5 Å². The van der Waals surface area contributed by atoms with Crippen LogP contribution in [0.2, 0.25) is 0 Å². The van der Waals surface area contributed by atoms with Crippen LogP contribution < -0.4 is 11.1 Å². The van der Waals surface area contributed by atoms with Crippen LogP contribution in [0.4, 0.5) is 10.1 Å². The number of thiazole rings is 1. The van der Waals surface area contributed by atoms with Crippen LogP contribution in [-0.2, 0) is 6.42 Å². The Bertz CT molecular complexity index is 597. The molecule has 4 nitrogen and oxygen atoms in total. The van der Waals surface area contributed by atoms with Gasteiger partial charge in [0.25, 0.3) is 5.91 Å². The van der Waals surface area contributed by atoms with Gasteiger partial charge in [-0.1, -0.05) is 6.07 Å². The summed E-state index contributed by atoms with van der Waals surface area (Å²) in [5.41, 5.74) is 6.56. The number of hydrogen-bond donors (Lipinski definition) is 2. The Morgan fingerprint density at radius 3 is 3.00 bits per heavy atom. The lowest BCUT2D eigenvalue weighted by atomic mass is 10.3. The van der Waals surface area contributed by atoms with E-state index in [0.29, 0.717) is 29.2 Å². The van der Waals surface area contributed by atoms with Crippen molar-refractivity contribution in [1.29, 1.82) is 0 Å². The van der Waals surface area contributed by atoms with Gasteiger partial charge >= 0.3 is 0 Å². The number of hydrogen-bond acceptors (Lipinski definition) is 4. The fourth-order valence-corrected chi connectivity index (χ4v) is 2.62. The molecule has 19 heavy (non-hydrogen) atoms. The summed E-state index contributed by atoms with van der Waals surface area (Å²) in [6, 6.07) is 5.78. The first-order valence-electron chi connectivity index (χ1n) is 5.83. The van der Waals surface area contributed by atoms with Crippen molar-refractivity contribution < 1.29 is 9.18 Å². The number of aryl methyl sites for hydroxylation is 1. The predicted molar refractivity (Wildman–Crippen MR) is 74.0 cm³/mol. The summed E-state index contributed by atoms with van der Waals surface area (Å²) in [5.74, 6) is -0.661. The van der Waals surface area contributed by atoms with Gasteiger partial charge in [-0.15, -0.1) is 11.3 Å².